The van der Waals surface area contributed by atoms with Crippen molar-refractivity contribution >= 4 is 0 Å². The fourth-order valence-corrected chi connectivity index (χ4v) is 1.62. The van der Waals surface area contributed by atoms with E-state index in [0.717, 1.165) is 24.7 Å². The highest BCUT2D eigenvalue weighted by atomic mass is 16.3. The van der Waals surface area contributed by atoms with Gasteiger partial charge in [-0.05, 0) is 37.5 Å². The van der Waals surface area contributed by atoms with Crippen LogP contribution in [0.1, 0.15) is 32.6 Å². The SMILES string of the molecule is CC(CC(N)CCO)C1CC1. The van der Waals surface area contributed by atoms with Gasteiger partial charge in [0.25, 0.3) is 0 Å². The zero-order chi connectivity index (χ0) is 8.27. The molecule has 1 saturated carbocycles. The molecule has 0 aromatic heterocycles. The summed E-state index contributed by atoms with van der Waals surface area (Å²) >= 11 is 0. The molecule has 0 spiro atoms. The predicted molar refractivity (Wildman–Crippen MR) is 46.2 cm³/mol. The maximum absolute atomic E-state index is 8.62. The minimum Gasteiger partial charge on any atom is -0.396 e. The van der Waals surface area contributed by atoms with Crippen LogP contribution < -0.4 is 5.73 Å². The molecule has 11 heavy (non-hydrogen) atoms. The predicted octanol–water partition coefficient (Wildman–Crippen LogP) is 1.13. The largest absolute Gasteiger partial charge is 0.396 e. The molecule has 1 fully saturated rings. The van der Waals surface area contributed by atoms with Crippen LogP contribution in [-0.2, 0) is 0 Å². The van der Waals surface area contributed by atoms with Crippen LogP contribution in [0, 0.1) is 11.8 Å². The van der Waals surface area contributed by atoms with Crippen molar-refractivity contribution in [3.8, 4) is 0 Å². The van der Waals surface area contributed by atoms with Gasteiger partial charge in [-0.3, -0.25) is 0 Å². The van der Waals surface area contributed by atoms with Crippen LogP contribution in [0.5, 0.6) is 0 Å². The molecular weight excluding hydrogens is 138 g/mol. The molecule has 0 bridgehead atoms. The first kappa shape index (κ1) is 9.01. The lowest BCUT2D eigenvalue weighted by Crippen LogP contribution is -2.24. The Morgan fingerprint density at radius 1 is 1.55 bits per heavy atom. The lowest BCUT2D eigenvalue weighted by atomic mass is 9.96. The topological polar surface area (TPSA) is 46.2 Å². The number of hydrogen-bond donors (Lipinski definition) is 2. The molecule has 2 heteroatoms. The summed E-state index contributed by atoms with van der Waals surface area (Å²) in [6.45, 7) is 2.51. The van der Waals surface area contributed by atoms with E-state index >= 15 is 0 Å². The first-order valence-electron chi connectivity index (χ1n) is 4.60. The number of aliphatic hydroxyl groups is 1. The maximum Gasteiger partial charge on any atom is 0.0445 e. The second-order valence-corrected chi connectivity index (χ2v) is 3.82. The summed E-state index contributed by atoms with van der Waals surface area (Å²) in [4.78, 5) is 0. The van der Waals surface area contributed by atoms with Gasteiger partial charge in [0.15, 0.2) is 0 Å². The van der Waals surface area contributed by atoms with Gasteiger partial charge in [-0.1, -0.05) is 6.92 Å². The van der Waals surface area contributed by atoms with Gasteiger partial charge in [0, 0.05) is 12.6 Å². The van der Waals surface area contributed by atoms with E-state index in [2.05, 4.69) is 6.92 Å². The molecule has 0 aliphatic heterocycles. The standard InChI is InChI=1S/C9H19NO/c1-7(8-2-3-8)6-9(10)4-5-11/h7-9,11H,2-6,10H2,1H3. The fourth-order valence-electron chi connectivity index (χ4n) is 1.62. The quantitative estimate of drug-likeness (QED) is 0.628. The summed E-state index contributed by atoms with van der Waals surface area (Å²) in [7, 11) is 0. The summed E-state index contributed by atoms with van der Waals surface area (Å²) in [5, 5.41) is 8.62. The molecule has 0 aromatic carbocycles. The molecule has 0 amide bonds. The molecule has 0 heterocycles. The van der Waals surface area contributed by atoms with E-state index in [9.17, 15) is 0 Å². The van der Waals surface area contributed by atoms with E-state index in [1.165, 1.54) is 12.8 Å². The first-order valence-corrected chi connectivity index (χ1v) is 4.60. The van der Waals surface area contributed by atoms with E-state index in [-0.39, 0.29) is 12.6 Å². The van der Waals surface area contributed by atoms with Crippen LogP contribution in [0.4, 0.5) is 0 Å². The molecule has 0 radical (unpaired) electrons. The number of hydrogen-bond acceptors (Lipinski definition) is 2. The first-order chi connectivity index (χ1) is 5.24. The molecule has 2 unspecified atom stereocenters. The molecule has 0 aromatic rings. The molecule has 1 aliphatic rings. The number of nitrogens with two attached hydrogens (primary N) is 1. The van der Waals surface area contributed by atoms with Crippen molar-refractivity contribution in [3.63, 3.8) is 0 Å². The van der Waals surface area contributed by atoms with Crippen LogP contribution in [0.15, 0.2) is 0 Å². The fraction of sp³-hybridized carbons (Fsp3) is 1.00. The van der Waals surface area contributed by atoms with E-state index in [1.54, 1.807) is 0 Å². The number of aliphatic hydroxyl groups excluding tert-OH is 1. The highest BCUT2D eigenvalue weighted by molar-refractivity contribution is 4.81. The summed E-state index contributed by atoms with van der Waals surface area (Å²) in [5.74, 6) is 1.72. The van der Waals surface area contributed by atoms with Crippen molar-refractivity contribution in [2.45, 2.75) is 38.6 Å². The molecule has 2 nitrogen and oxygen atoms in total. The Morgan fingerprint density at radius 2 is 2.18 bits per heavy atom. The van der Waals surface area contributed by atoms with Crippen molar-refractivity contribution in [3.05, 3.63) is 0 Å². The van der Waals surface area contributed by atoms with E-state index in [4.69, 9.17) is 10.8 Å². The molecular formula is C9H19NO. The highest BCUT2D eigenvalue weighted by Gasteiger charge is 2.28. The highest BCUT2D eigenvalue weighted by Crippen LogP contribution is 2.38. The molecule has 1 rings (SSSR count). The van der Waals surface area contributed by atoms with Crippen LogP contribution in [0.3, 0.4) is 0 Å². The maximum atomic E-state index is 8.62. The lowest BCUT2D eigenvalue weighted by molar-refractivity contribution is 0.263. The van der Waals surface area contributed by atoms with E-state index < -0.39 is 0 Å². The van der Waals surface area contributed by atoms with Crippen molar-refractivity contribution in [1.82, 2.24) is 0 Å². The summed E-state index contributed by atoms with van der Waals surface area (Å²) < 4.78 is 0. The van der Waals surface area contributed by atoms with Crippen molar-refractivity contribution < 1.29 is 5.11 Å². The zero-order valence-electron chi connectivity index (χ0n) is 7.29. The van der Waals surface area contributed by atoms with Gasteiger partial charge in [0.05, 0.1) is 0 Å². The molecule has 66 valence electrons. The molecule has 2 atom stereocenters. The van der Waals surface area contributed by atoms with E-state index in [1.807, 2.05) is 0 Å². The van der Waals surface area contributed by atoms with Crippen molar-refractivity contribution in [2.75, 3.05) is 6.61 Å². The Labute approximate surface area is 68.8 Å². The second kappa shape index (κ2) is 4.07. The third-order valence-electron chi connectivity index (χ3n) is 2.60. The Morgan fingerprint density at radius 3 is 2.64 bits per heavy atom. The third kappa shape index (κ3) is 3.21. The zero-order valence-corrected chi connectivity index (χ0v) is 7.29. The minimum atomic E-state index is 0.218. The Bertz CT molecular complexity index is 112. The Balaban J connectivity index is 2.07. The minimum absolute atomic E-state index is 0.218. The molecule has 3 N–H and O–H groups in total. The van der Waals surface area contributed by atoms with Gasteiger partial charge in [0.2, 0.25) is 0 Å². The van der Waals surface area contributed by atoms with Gasteiger partial charge in [0.1, 0.15) is 0 Å². The summed E-state index contributed by atoms with van der Waals surface area (Å²) in [6, 6.07) is 0.218. The summed E-state index contributed by atoms with van der Waals surface area (Å²) in [5.41, 5.74) is 5.79. The van der Waals surface area contributed by atoms with Gasteiger partial charge in [-0.2, -0.15) is 0 Å². The smallest absolute Gasteiger partial charge is 0.0445 e. The van der Waals surface area contributed by atoms with Crippen LogP contribution in [-0.4, -0.2) is 17.8 Å². The third-order valence-corrected chi connectivity index (χ3v) is 2.60. The van der Waals surface area contributed by atoms with Crippen LogP contribution in [0.25, 0.3) is 0 Å². The lowest BCUT2D eigenvalue weighted by Gasteiger charge is -2.15. The van der Waals surface area contributed by atoms with E-state index in [0.29, 0.717) is 0 Å². The van der Waals surface area contributed by atoms with Gasteiger partial charge in [-0.25, -0.2) is 0 Å². The molecule has 0 saturated heterocycles. The van der Waals surface area contributed by atoms with Crippen molar-refractivity contribution in [1.29, 1.82) is 0 Å². The van der Waals surface area contributed by atoms with Gasteiger partial charge >= 0.3 is 0 Å². The Hall–Kier alpha value is -0.0800. The van der Waals surface area contributed by atoms with Crippen LogP contribution >= 0.6 is 0 Å². The average molecular weight is 157 g/mol. The van der Waals surface area contributed by atoms with Gasteiger partial charge in [-0.15, -0.1) is 0 Å². The Kier molecular flexibility index (Phi) is 3.34. The van der Waals surface area contributed by atoms with Crippen molar-refractivity contribution in [2.24, 2.45) is 17.6 Å². The summed E-state index contributed by atoms with van der Waals surface area (Å²) in [6.07, 6.45) is 4.64. The monoisotopic (exact) mass is 157 g/mol. The second-order valence-electron chi connectivity index (χ2n) is 3.82. The van der Waals surface area contributed by atoms with Crippen LogP contribution in [0.2, 0.25) is 0 Å². The average Bonchev–Trinajstić information content (AvgIpc) is 2.67. The van der Waals surface area contributed by atoms with Gasteiger partial charge < -0.3 is 10.8 Å². The normalized spacial score (nSPS) is 23.2. The number of rotatable bonds is 5. The molecule has 1 aliphatic carbocycles.